The quantitative estimate of drug-likeness (QED) is 0.156. The van der Waals surface area contributed by atoms with Crippen LogP contribution in [0, 0.1) is 0 Å². The number of likely N-dealkylation sites (tertiary alicyclic amines) is 1. The smallest absolute Gasteiger partial charge is 0.326 e. The number of amides is 3. The van der Waals surface area contributed by atoms with Gasteiger partial charge in [0, 0.05) is 49.6 Å². The zero-order valence-electron chi connectivity index (χ0n) is 19.9. The summed E-state index contributed by atoms with van der Waals surface area (Å²) in [5.74, 6) is -4.37. The molecular formula is C22H30N8O7. The molecule has 3 rings (SSSR count). The number of aliphatic carboxylic acids is 2. The first kappa shape index (κ1) is 27.3. The van der Waals surface area contributed by atoms with Gasteiger partial charge in [-0.3, -0.25) is 19.2 Å². The third-order valence-corrected chi connectivity index (χ3v) is 6.02. The largest absolute Gasteiger partial charge is 0.481 e. The Bertz CT molecular complexity index is 1090. The van der Waals surface area contributed by atoms with Crippen LogP contribution in [0.3, 0.4) is 0 Å². The molecule has 4 unspecified atom stereocenters. The number of hydrogen-bond donors (Lipinski definition) is 7. The van der Waals surface area contributed by atoms with E-state index in [0.717, 1.165) is 0 Å². The van der Waals surface area contributed by atoms with Gasteiger partial charge in [-0.15, -0.1) is 0 Å². The van der Waals surface area contributed by atoms with Gasteiger partial charge in [-0.25, -0.2) is 14.8 Å². The minimum Gasteiger partial charge on any atom is -0.481 e. The second-order valence-corrected chi connectivity index (χ2v) is 8.75. The third kappa shape index (κ3) is 7.60. The van der Waals surface area contributed by atoms with Crippen molar-refractivity contribution in [3.63, 3.8) is 0 Å². The van der Waals surface area contributed by atoms with Crippen molar-refractivity contribution in [2.45, 2.75) is 62.7 Å². The lowest BCUT2D eigenvalue weighted by molar-refractivity contribution is -0.145. The van der Waals surface area contributed by atoms with Crippen LogP contribution in [0.15, 0.2) is 25.0 Å². The highest BCUT2D eigenvalue weighted by atomic mass is 16.4. The first-order chi connectivity index (χ1) is 17.7. The first-order valence-electron chi connectivity index (χ1n) is 11.7. The monoisotopic (exact) mass is 518 g/mol. The van der Waals surface area contributed by atoms with E-state index in [0.29, 0.717) is 17.8 Å². The summed E-state index contributed by atoms with van der Waals surface area (Å²) in [6.45, 7) is 0.189. The molecule has 3 amide bonds. The number of carbonyl (C=O) groups is 5. The lowest BCUT2D eigenvalue weighted by atomic mass is 10.1. The number of rotatable bonds is 13. The molecule has 37 heavy (non-hydrogen) atoms. The van der Waals surface area contributed by atoms with E-state index in [1.807, 2.05) is 0 Å². The van der Waals surface area contributed by atoms with Crippen LogP contribution in [-0.4, -0.2) is 95.4 Å². The van der Waals surface area contributed by atoms with E-state index >= 15 is 0 Å². The number of aromatic amines is 2. The number of hydrogen-bond acceptors (Lipinski definition) is 8. The summed E-state index contributed by atoms with van der Waals surface area (Å²) in [5.41, 5.74) is 7.07. The molecule has 2 aromatic heterocycles. The Morgan fingerprint density at radius 1 is 1.03 bits per heavy atom. The van der Waals surface area contributed by atoms with Crippen molar-refractivity contribution in [1.29, 1.82) is 0 Å². The van der Waals surface area contributed by atoms with Crippen molar-refractivity contribution in [2.75, 3.05) is 6.54 Å². The van der Waals surface area contributed by atoms with E-state index in [9.17, 15) is 29.1 Å². The molecule has 3 heterocycles. The molecule has 2 aromatic rings. The molecule has 1 aliphatic rings. The van der Waals surface area contributed by atoms with Crippen LogP contribution in [-0.2, 0) is 36.8 Å². The van der Waals surface area contributed by atoms with Gasteiger partial charge >= 0.3 is 11.9 Å². The van der Waals surface area contributed by atoms with Gasteiger partial charge in [-0.05, 0) is 19.3 Å². The minimum atomic E-state index is -1.26. The number of imidazole rings is 2. The number of aromatic nitrogens is 4. The number of H-pyrrole nitrogens is 2. The molecule has 15 nitrogen and oxygen atoms in total. The van der Waals surface area contributed by atoms with Crippen LogP contribution >= 0.6 is 0 Å². The van der Waals surface area contributed by atoms with E-state index < -0.39 is 60.2 Å². The first-order valence-corrected chi connectivity index (χ1v) is 11.7. The molecule has 8 N–H and O–H groups in total. The van der Waals surface area contributed by atoms with Crippen LogP contribution in [0.4, 0.5) is 0 Å². The fourth-order valence-corrected chi connectivity index (χ4v) is 4.12. The predicted molar refractivity (Wildman–Crippen MR) is 126 cm³/mol. The number of carboxylic acids is 2. The summed E-state index contributed by atoms with van der Waals surface area (Å²) in [6, 6.07) is -4.49. The molecule has 0 aromatic carbocycles. The second-order valence-electron chi connectivity index (χ2n) is 8.75. The van der Waals surface area contributed by atoms with E-state index in [4.69, 9.17) is 10.8 Å². The summed E-state index contributed by atoms with van der Waals surface area (Å²) >= 11 is 0. The van der Waals surface area contributed by atoms with Crippen molar-refractivity contribution in [1.82, 2.24) is 35.5 Å². The molecule has 1 saturated heterocycles. The summed E-state index contributed by atoms with van der Waals surface area (Å²) < 4.78 is 0. The number of carboxylic acid groups (broad SMARTS) is 2. The summed E-state index contributed by atoms with van der Waals surface area (Å²) in [5, 5.41) is 23.6. The van der Waals surface area contributed by atoms with Crippen molar-refractivity contribution in [2.24, 2.45) is 5.73 Å². The predicted octanol–water partition coefficient (Wildman–Crippen LogP) is -1.84. The molecule has 1 aliphatic heterocycles. The maximum absolute atomic E-state index is 13.4. The van der Waals surface area contributed by atoms with Gasteiger partial charge in [0.05, 0.1) is 18.7 Å². The van der Waals surface area contributed by atoms with Crippen LogP contribution in [0.1, 0.15) is 37.1 Å². The van der Waals surface area contributed by atoms with Gasteiger partial charge in [0.2, 0.25) is 17.7 Å². The average molecular weight is 519 g/mol. The molecule has 0 spiro atoms. The molecule has 0 bridgehead atoms. The summed E-state index contributed by atoms with van der Waals surface area (Å²) in [7, 11) is 0. The molecule has 1 fully saturated rings. The SMILES string of the molecule is NC(Cc1cnc[nH]1)C(=O)NC(CCC(=O)O)C(=O)N1CCCC1C(=O)NC(Cc1cnc[nH]1)C(=O)O. The van der Waals surface area contributed by atoms with Gasteiger partial charge in [-0.1, -0.05) is 0 Å². The summed E-state index contributed by atoms with van der Waals surface area (Å²) in [4.78, 5) is 76.5. The maximum Gasteiger partial charge on any atom is 0.326 e. The lowest BCUT2D eigenvalue weighted by Gasteiger charge is -2.29. The Labute approximate surface area is 211 Å². The molecule has 200 valence electrons. The standard InChI is InChI=1S/C22H30N8O7/c23-14(6-12-8-24-10-26-12)19(33)28-15(3-4-18(31)32)21(35)30-5-1-2-17(30)20(34)29-16(22(36)37)7-13-9-25-11-27-13/h8-11,14-17H,1-7,23H2,(H,24,26)(H,25,27)(H,28,33)(H,29,34)(H,31,32)(H,36,37). The Hall–Kier alpha value is -4.27. The number of nitrogens with zero attached hydrogens (tertiary/aromatic N) is 3. The topological polar surface area (TPSA) is 236 Å². The molecular weight excluding hydrogens is 488 g/mol. The fourth-order valence-electron chi connectivity index (χ4n) is 4.12. The van der Waals surface area contributed by atoms with Gasteiger partial charge in [0.25, 0.3) is 0 Å². The van der Waals surface area contributed by atoms with Crippen LogP contribution in [0.2, 0.25) is 0 Å². The molecule has 15 heteroatoms. The number of carbonyl (C=O) groups excluding carboxylic acids is 3. The third-order valence-electron chi connectivity index (χ3n) is 6.02. The fraction of sp³-hybridized carbons (Fsp3) is 0.500. The average Bonchev–Trinajstić information content (AvgIpc) is 3.63. The van der Waals surface area contributed by atoms with Crippen LogP contribution in [0.25, 0.3) is 0 Å². The van der Waals surface area contributed by atoms with Crippen LogP contribution < -0.4 is 16.4 Å². The van der Waals surface area contributed by atoms with Crippen molar-refractivity contribution < 1.29 is 34.2 Å². The molecule has 0 aliphatic carbocycles. The highest BCUT2D eigenvalue weighted by molar-refractivity contribution is 5.94. The normalized spacial score (nSPS) is 17.5. The van der Waals surface area contributed by atoms with Crippen LogP contribution in [0.5, 0.6) is 0 Å². The molecule has 0 radical (unpaired) electrons. The second kappa shape index (κ2) is 12.6. The number of nitrogens with two attached hydrogens (primary N) is 1. The zero-order valence-corrected chi connectivity index (χ0v) is 19.9. The van der Waals surface area contributed by atoms with Crippen molar-refractivity contribution in [3.8, 4) is 0 Å². The van der Waals surface area contributed by atoms with Crippen molar-refractivity contribution in [3.05, 3.63) is 36.4 Å². The minimum absolute atomic E-state index is 0.0345. The maximum atomic E-state index is 13.4. The Morgan fingerprint density at radius 2 is 1.68 bits per heavy atom. The van der Waals surface area contributed by atoms with Crippen molar-refractivity contribution >= 4 is 29.7 Å². The van der Waals surface area contributed by atoms with E-state index in [-0.39, 0.29) is 32.2 Å². The van der Waals surface area contributed by atoms with Gasteiger partial charge in [-0.2, -0.15) is 0 Å². The van der Waals surface area contributed by atoms with Gasteiger partial charge < -0.3 is 41.4 Å². The Balaban J connectivity index is 1.68. The molecule has 0 saturated carbocycles. The lowest BCUT2D eigenvalue weighted by Crippen LogP contribution is -2.57. The van der Waals surface area contributed by atoms with E-state index in [1.54, 1.807) is 0 Å². The highest BCUT2D eigenvalue weighted by Gasteiger charge is 2.39. The summed E-state index contributed by atoms with van der Waals surface area (Å²) in [6.07, 6.45) is 6.00. The Morgan fingerprint density at radius 3 is 2.24 bits per heavy atom. The highest BCUT2D eigenvalue weighted by Crippen LogP contribution is 2.20. The Kier molecular flexibility index (Phi) is 9.32. The van der Waals surface area contributed by atoms with E-state index in [1.165, 1.54) is 29.9 Å². The zero-order chi connectivity index (χ0) is 26.9. The number of nitrogens with one attached hydrogen (secondary N) is 4. The van der Waals surface area contributed by atoms with Gasteiger partial charge in [0.1, 0.15) is 18.1 Å². The van der Waals surface area contributed by atoms with Gasteiger partial charge in [0.15, 0.2) is 0 Å². The van der Waals surface area contributed by atoms with E-state index in [2.05, 4.69) is 30.6 Å². The molecule has 4 atom stereocenters.